The number of nitrogens with zero attached hydrogens (tertiary/aromatic N) is 2. The summed E-state index contributed by atoms with van der Waals surface area (Å²) < 4.78 is 54.2. The van der Waals surface area contributed by atoms with E-state index in [9.17, 15) is 17.6 Å². The Balaban J connectivity index is 1.78. The molecule has 0 saturated carbocycles. The van der Waals surface area contributed by atoms with Crippen molar-refractivity contribution in [2.75, 3.05) is 11.4 Å². The number of fused-ring (bicyclic) bond motifs is 3. The Morgan fingerprint density at radius 3 is 2.79 bits per heavy atom. The Labute approximate surface area is 139 Å². The van der Waals surface area contributed by atoms with E-state index in [-0.39, 0.29) is 11.5 Å². The molecule has 0 amide bonds. The second kappa shape index (κ2) is 5.44. The maximum absolute atomic E-state index is 13.6. The minimum atomic E-state index is -4.43. The van der Waals surface area contributed by atoms with Crippen LogP contribution in [0.4, 0.5) is 23.2 Å². The number of hydrogen-bond acceptors (Lipinski definition) is 3. The third-order valence-electron chi connectivity index (χ3n) is 4.24. The Hall–Kier alpha value is -2.15. The van der Waals surface area contributed by atoms with Gasteiger partial charge in [0.25, 0.3) is 0 Å². The maximum Gasteiger partial charge on any atom is 0.418 e. The summed E-state index contributed by atoms with van der Waals surface area (Å²) in [6.45, 7) is 0.810. The number of rotatable bonds is 1. The van der Waals surface area contributed by atoms with Crippen LogP contribution in [0.3, 0.4) is 0 Å². The molecular weight excluding hydrogens is 340 g/mol. The van der Waals surface area contributed by atoms with Crippen LogP contribution in [0, 0.1) is 5.82 Å². The molecule has 1 aliphatic rings. The minimum Gasteiger partial charge on any atom is -0.365 e. The van der Waals surface area contributed by atoms with Crippen molar-refractivity contribution in [2.24, 2.45) is 0 Å². The smallest absolute Gasteiger partial charge is 0.365 e. The van der Waals surface area contributed by atoms with Crippen LogP contribution in [-0.2, 0) is 19.1 Å². The molecule has 1 aromatic carbocycles. The van der Waals surface area contributed by atoms with E-state index in [0.29, 0.717) is 19.5 Å². The summed E-state index contributed by atoms with van der Waals surface area (Å²) in [4.78, 5) is 6.65. The van der Waals surface area contributed by atoms with E-state index >= 15 is 0 Å². The lowest BCUT2D eigenvalue weighted by atomic mass is 10.0. The highest BCUT2D eigenvalue weighted by Gasteiger charge is 2.35. The van der Waals surface area contributed by atoms with Crippen molar-refractivity contribution in [2.45, 2.75) is 19.1 Å². The van der Waals surface area contributed by atoms with Gasteiger partial charge in [-0.05, 0) is 36.2 Å². The number of anilines is 1. The first-order valence-corrected chi connectivity index (χ1v) is 8.21. The first-order chi connectivity index (χ1) is 11.4. The van der Waals surface area contributed by atoms with E-state index in [0.717, 1.165) is 32.8 Å². The van der Waals surface area contributed by atoms with Gasteiger partial charge in [-0.15, -0.1) is 11.3 Å². The van der Waals surface area contributed by atoms with Crippen LogP contribution in [0.25, 0.3) is 10.1 Å². The fourth-order valence-electron chi connectivity index (χ4n) is 3.14. The molecule has 4 rings (SSSR count). The molecule has 0 aliphatic carbocycles. The second-order valence-corrected chi connectivity index (χ2v) is 6.84. The summed E-state index contributed by atoms with van der Waals surface area (Å²) in [6, 6.07) is 5.59. The SMILES string of the molecule is Fc1ccc2sc3c(c2c1)CN(c1cnccc1C(F)(F)F)CC3. The molecule has 0 spiro atoms. The van der Waals surface area contributed by atoms with E-state index in [2.05, 4.69) is 4.98 Å². The second-order valence-electron chi connectivity index (χ2n) is 5.71. The summed E-state index contributed by atoms with van der Waals surface area (Å²) in [7, 11) is 0. The average Bonchev–Trinajstić information content (AvgIpc) is 2.91. The Kier molecular flexibility index (Phi) is 3.49. The summed E-state index contributed by atoms with van der Waals surface area (Å²) in [5.41, 5.74) is 0.302. The van der Waals surface area contributed by atoms with E-state index < -0.39 is 11.7 Å². The molecule has 24 heavy (non-hydrogen) atoms. The Morgan fingerprint density at radius 1 is 1.17 bits per heavy atom. The molecule has 2 aromatic heterocycles. The van der Waals surface area contributed by atoms with Crippen molar-refractivity contribution in [1.29, 1.82) is 0 Å². The number of halogens is 4. The first kappa shape index (κ1) is 15.4. The lowest BCUT2D eigenvalue weighted by Gasteiger charge is -2.31. The third kappa shape index (κ3) is 2.53. The van der Waals surface area contributed by atoms with Gasteiger partial charge in [0.1, 0.15) is 5.82 Å². The molecule has 3 aromatic rings. The number of pyridine rings is 1. The summed E-state index contributed by atoms with van der Waals surface area (Å²) in [5.74, 6) is -0.336. The van der Waals surface area contributed by atoms with Crippen LogP contribution >= 0.6 is 11.3 Å². The van der Waals surface area contributed by atoms with Gasteiger partial charge >= 0.3 is 6.18 Å². The summed E-state index contributed by atoms with van der Waals surface area (Å²) in [5, 5.41) is 0.789. The molecule has 0 bridgehead atoms. The zero-order valence-corrected chi connectivity index (χ0v) is 13.2. The topological polar surface area (TPSA) is 16.1 Å². The average molecular weight is 352 g/mol. The summed E-state index contributed by atoms with van der Waals surface area (Å²) in [6.07, 6.45) is -1.39. The highest BCUT2D eigenvalue weighted by molar-refractivity contribution is 7.19. The van der Waals surface area contributed by atoms with Crippen molar-refractivity contribution in [3.63, 3.8) is 0 Å². The van der Waals surface area contributed by atoms with Crippen LogP contribution in [0.2, 0.25) is 0 Å². The van der Waals surface area contributed by atoms with Gasteiger partial charge in [0.15, 0.2) is 0 Å². The predicted octanol–water partition coefficient (Wildman–Crippen LogP) is 5.02. The molecule has 0 radical (unpaired) electrons. The fourth-order valence-corrected chi connectivity index (χ4v) is 4.32. The van der Waals surface area contributed by atoms with Crippen molar-refractivity contribution < 1.29 is 17.6 Å². The monoisotopic (exact) mass is 352 g/mol. The number of benzene rings is 1. The van der Waals surface area contributed by atoms with Gasteiger partial charge < -0.3 is 4.90 Å². The number of hydrogen-bond donors (Lipinski definition) is 0. The predicted molar refractivity (Wildman–Crippen MR) is 85.8 cm³/mol. The first-order valence-electron chi connectivity index (χ1n) is 7.39. The normalized spacial score (nSPS) is 14.9. The van der Waals surface area contributed by atoms with E-state index in [1.54, 1.807) is 22.3 Å². The lowest BCUT2D eigenvalue weighted by Crippen LogP contribution is -2.31. The quantitative estimate of drug-likeness (QED) is 0.572. The van der Waals surface area contributed by atoms with E-state index in [1.807, 2.05) is 0 Å². The highest BCUT2D eigenvalue weighted by atomic mass is 32.1. The van der Waals surface area contributed by atoms with Crippen molar-refractivity contribution in [3.8, 4) is 0 Å². The maximum atomic E-state index is 13.6. The highest BCUT2D eigenvalue weighted by Crippen LogP contribution is 2.40. The molecular formula is C17H12F4N2S. The van der Waals surface area contributed by atoms with E-state index in [1.165, 1.54) is 18.3 Å². The molecule has 2 nitrogen and oxygen atoms in total. The zero-order chi connectivity index (χ0) is 16.9. The van der Waals surface area contributed by atoms with Crippen molar-refractivity contribution in [3.05, 3.63) is 58.5 Å². The molecule has 0 N–H and O–H groups in total. The van der Waals surface area contributed by atoms with Crippen LogP contribution in [0.5, 0.6) is 0 Å². The van der Waals surface area contributed by atoms with Gasteiger partial charge in [0.2, 0.25) is 0 Å². The van der Waals surface area contributed by atoms with Gasteiger partial charge in [0, 0.05) is 34.2 Å². The molecule has 0 atom stereocenters. The molecule has 3 heterocycles. The minimum absolute atomic E-state index is 0.0754. The van der Waals surface area contributed by atoms with Gasteiger partial charge in [-0.2, -0.15) is 13.2 Å². The van der Waals surface area contributed by atoms with E-state index in [4.69, 9.17) is 0 Å². The van der Waals surface area contributed by atoms with Crippen LogP contribution in [0.1, 0.15) is 16.0 Å². The van der Waals surface area contributed by atoms with Gasteiger partial charge in [-0.25, -0.2) is 4.39 Å². The Morgan fingerprint density at radius 2 is 2.00 bits per heavy atom. The Bertz CT molecular complexity index is 917. The molecule has 7 heteroatoms. The number of thiophene rings is 1. The lowest BCUT2D eigenvalue weighted by molar-refractivity contribution is -0.137. The third-order valence-corrected chi connectivity index (χ3v) is 5.51. The van der Waals surface area contributed by atoms with Gasteiger partial charge in [-0.3, -0.25) is 4.98 Å². The molecule has 1 aliphatic heterocycles. The largest absolute Gasteiger partial charge is 0.418 e. The standard InChI is InChI=1S/C17H12F4N2S/c18-10-1-2-15-11(7-10)12-9-23(6-4-16(12)24-15)14-8-22-5-3-13(14)17(19,20)21/h1-3,5,7-8H,4,6,9H2. The summed E-state index contributed by atoms with van der Waals surface area (Å²) >= 11 is 1.58. The van der Waals surface area contributed by atoms with Crippen molar-refractivity contribution >= 4 is 27.1 Å². The van der Waals surface area contributed by atoms with Crippen molar-refractivity contribution in [1.82, 2.24) is 4.98 Å². The zero-order valence-electron chi connectivity index (χ0n) is 12.4. The van der Waals surface area contributed by atoms with Crippen LogP contribution in [-0.4, -0.2) is 11.5 Å². The van der Waals surface area contributed by atoms with Crippen LogP contribution < -0.4 is 4.90 Å². The molecule has 124 valence electrons. The van der Waals surface area contributed by atoms with Gasteiger partial charge in [-0.1, -0.05) is 0 Å². The molecule has 0 unspecified atom stereocenters. The molecule has 0 saturated heterocycles. The number of alkyl halides is 3. The number of aromatic nitrogens is 1. The molecule has 0 fully saturated rings. The van der Waals surface area contributed by atoms with Gasteiger partial charge in [0.05, 0.1) is 17.4 Å². The fraction of sp³-hybridized carbons (Fsp3) is 0.235. The van der Waals surface area contributed by atoms with Crippen LogP contribution in [0.15, 0.2) is 36.7 Å².